The smallest absolute Gasteiger partial charge is 0.244 e. The highest BCUT2D eigenvalue weighted by atomic mass is 32.2. The summed E-state index contributed by atoms with van der Waals surface area (Å²) in [5.74, 6) is 1.59. The highest BCUT2D eigenvalue weighted by Crippen LogP contribution is 2.22. The van der Waals surface area contributed by atoms with Gasteiger partial charge in [0, 0.05) is 19.3 Å². The monoisotopic (exact) mass is 348 g/mol. The van der Waals surface area contributed by atoms with Gasteiger partial charge in [-0.2, -0.15) is 0 Å². The summed E-state index contributed by atoms with van der Waals surface area (Å²) in [6.45, 7) is 1.98. The van der Waals surface area contributed by atoms with Crippen LogP contribution in [0.25, 0.3) is 0 Å². The minimum atomic E-state index is -3.70. The van der Waals surface area contributed by atoms with Crippen LogP contribution in [0.5, 0.6) is 5.75 Å². The topological polar surface area (TPSA) is 84.4 Å². The van der Waals surface area contributed by atoms with E-state index in [2.05, 4.69) is 19.6 Å². The van der Waals surface area contributed by atoms with Crippen molar-refractivity contribution in [3.05, 3.63) is 42.4 Å². The van der Waals surface area contributed by atoms with Crippen molar-refractivity contribution >= 4 is 15.8 Å². The van der Waals surface area contributed by atoms with E-state index in [0.717, 1.165) is 31.7 Å². The number of benzene rings is 1. The van der Waals surface area contributed by atoms with Crippen LogP contribution in [0, 0.1) is 0 Å². The van der Waals surface area contributed by atoms with E-state index >= 15 is 0 Å². The van der Waals surface area contributed by atoms with Gasteiger partial charge in [-0.05, 0) is 31.0 Å². The molecule has 24 heavy (non-hydrogen) atoms. The number of anilines is 1. The molecular weight excluding hydrogens is 328 g/mol. The average molecular weight is 348 g/mol. The molecule has 0 bridgehead atoms. The zero-order valence-corrected chi connectivity index (χ0v) is 14.3. The number of hydrogen-bond donors (Lipinski definition) is 1. The standard InChI is InChI=1S/C16H20N4O3S/c1-23-13-6-2-3-7-14(13)24(21,22)18-12-15-17-9-8-16(19-15)20-10-4-5-11-20/h2-3,6-9,18H,4-5,10-12H2,1H3. The van der Waals surface area contributed by atoms with Crippen LogP contribution in [0.3, 0.4) is 0 Å². The maximum absolute atomic E-state index is 12.5. The van der Waals surface area contributed by atoms with Crippen molar-refractivity contribution in [3.8, 4) is 5.75 Å². The fourth-order valence-electron chi connectivity index (χ4n) is 2.67. The molecule has 0 spiro atoms. The van der Waals surface area contributed by atoms with Crippen LogP contribution in [0.15, 0.2) is 41.4 Å². The van der Waals surface area contributed by atoms with Gasteiger partial charge in [0.2, 0.25) is 10.0 Å². The van der Waals surface area contributed by atoms with Crippen LogP contribution in [0.4, 0.5) is 5.82 Å². The van der Waals surface area contributed by atoms with Gasteiger partial charge in [-0.1, -0.05) is 12.1 Å². The molecule has 1 aliphatic rings. The molecule has 0 atom stereocenters. The van der Waals surface area contributed by atoms with Gasteiger partial charge in [0.05, 0.1) is 13.7 Å². The van der Waals surface area contributed by atoms with Crippen molar-refractivity contribution in [1.82, 2.24) is 14.7 Å². The Balaban J connectivity index is 1.74. The van der Waals surface area contributed by atoms with E-state index in [1.54, 1.807) is 24.4 Å². The average Bonchev–Trinajstić information content (AvgIpc) is 3.15. The number of nitrogens with one attached hydrogen (secondary N) is 1. The summed E-state index contributed by atoms with van der Waals surface area (Å²) in [7, 11) is -2.26. The van der Waals surface area contributed by atoms with Crippen LogP contribution in [0.1, 0.15) is 18.7 Å². The third-order valence-corrected chi connectivity index (χ3v) is 5.34. The van der Waals surface area contributed by atoms with Crippen LogP contribution in [-0.4, -0.2) is 38.6 Å². The first-order valence-electron chi connectivity index (χ1n) is 7.80. The molecule has 2 aromatic rings. The molecule has 7 nitrogen and oxygen atoms in total. The Morgan fingerprint density at radius 3 is 2.71 bits per heavy atom. The third-order valence-electron chi connectivity index (χ3n) is 3.90. The largest absolute Gasteiger partial charge is 0.495 e. The lowest BCUT2D eigenvalue weighted by Gasteiger charge is -2.16. The first-order chi connectivity index (χ1) is 11.6. The summed E-state index contributed by atoms with van der Waals surface area (Å²) in [6.07, 6.45) is 3.97. The molecule has 0 saturated carbocycles. The lowest BCUT2D eigenvalue weighted by atomic mass is 10.3. The van der Waals surface area contributed by atoms with Gasteiger partial charge in [0.25, 0.3) is 0 Å². The molecule has 1 saturated heterocycles. The van der Waals surface area contributed by atoms with Gasteiger partial charge >= 0.3 is 0 Å². The summed E-state index contributed by atoms with van der Waals surface area (Å²) in [5, 5.41) is 0. The zero-order valence-electron chi connectivity index (χ0n) is 13.5. The van der Waals surface area contributed by atoms with Crippen LogP contribution < -0.4 is 14.4 Å². The molecule has 2 heterocycles. The molecule has 1 aliphatic heterocycles. The Kier molecular flexibility index (Phi) is 4.96. The summed E-state index contributed by atoms with van der Waals surface area (Å²) in [5.41, 5.74) is 0. The molecule has 1 fully saturated rings. The lowest BCUT2D eigenvalue weighted by Crippen LogP contribution is -2.25. The van der Waals surface area contributed by atoms with Gasteiger partial charge in [0.1, 0.15) is 22.3 Å². The van der Waals surface area contributed by atoms with Crippen LogP contribution in [-0.2, 0) is 16.6 Å². The van der Waals surface area contributed by atoms with E-state index in [9.17, 15) is 8.42 Å². The minimum absolute atomic E-state index is 0.0298. The number of sulfonamides is 1. The van der Waals surface area contributed by atoms with Gasteiger partial charge in [-0.15, -0.1) is 0 Å². The fourth-order valence-corrected chi connectivity index (χ4v) is 3.82. The molecule has 0 radical (unpaired) electrons. The van der Waals surface area contributed by atoms with E-state index in [1.807, 2.05) is 6.07 Å². The third kappa shape index (κ3) is 3.65. The number of para-hydroxylation sites is 1. The van der Waals surface area contributed by atoms with E-state index in [0.29, 0.717) is 11.6 Å². The van der Waals surface area contributed by atoms with Crippen LogP contribution >= 0.6 is 0 Å². The fraction of sp³-hybridized carbons (Fsp3) is 0.375. The normalized spacial score (nSPS) is 14.8. The van der Waals surface area contributed by atoms with Gasteiger partial charge in [-0.3, -0.25) is 0 Å². The molecule has 0 aliphatic carbocycles. The molecular formula is C16H20N4O3S. The molecule has 128 valence electrons. The SMILES string of the molecule is COc1ccccc1S(=O)(=O)NCc1nccc(N2CCCC2)n1. The summed E-state index contributed by atoms with van der Waals surface area (Å²) in [6, 6.07) is 8.34. The van der Waals surface area contributed by atoms with E-state index in [4.69, 9.17) is 4.74 Å². The molecule has 3 rings (SSSR count). The second-order valence-corrected chi connectivity index (χ2v) is 7.24. The Morgan fingerprint density at radius 1 is 1.21 bits per heavy atom. The molecule has 1 aromatic carbocycles. The summed E-state index contributed by atoms with van der Waals surface area (Å²) >= 11 is 0. The Labute approximate surface area is 141 Å². The van der Waals surface area contributed by atoms with Gasteiger partial charge in [-0.25, -0.2) is 23.1 Å². The van der Waals surface area contributed by atoms with Crippen molar-refractivity contribution in [1.29, 1.82) is 0 Å². The Bertz CT molecular complexity index is 804. The van der Waals surface area contributed by atoms with Crippen LogP contribution in [0.2, 0.25) is 0 Å². The molecule has 0 unspecified atom stereocenters. The number of hydrogen-bond acceptors (Lipinski definition) is 6. The number of nitrogens with zero attached hydrogens (tertiary/aromatic N) is 3. The lowest BCUT2D eigenvalue weighted by molar-refractivity contribution is 0.402. The molecule has 0 amide bonds. The van der Waals surface area contributed by atoms with Gasteiger partial charge < -0.3 is 9.64 Å². The van der Waals surface area contributed by atoms with Crippen molar-refractivity contribution in [2.75, 3.05) is 25.1 Å². The molecule has 8 heteroatoms. The Morgan fingerprint density at radius 2 is 1.96 bits per heavy atom. The Hall–Kier alpha value is -2.19. The number of methoxy groups -OCH3 is 1. The second kappa shape index (κ2) is 7.14. The zero-order chi connectivity index (χ0) is 17.0. The molecule has 1 aromatic heterocycles. The highest BCUT2D eigenvalue weighted by molar-refractivity contribution is 7.89. The van der Waals surface area contributed by atoms with E-state index in [1.165, 1.54) is 13.2 Å². The minimum Gasteiger partial charge on any atom is -0.495 e. The van der Waals surface area contributed by atoms with Gasteiger partial charge in [0.15, 0.2) is 0 Å². The summed E-state index contributed by atoms with van der Waals surface area (Å²) < 4.78 is 32.6. The maximum Gasteiger partial charge on any atom is 0.244 e. The first-order valence-corrected chi connectivity index (χ1v) is 9.28. The number of ether oxygens (including phenoxy) is 1. The van der Waals surface area contributed by atoms with E-state index in [-0.39, 0.29) is 11.4 Å². The predicted octanol–water partition coefficient (Wildman–Crippen LogP) is 1.56. The quantitative estimate of drug-likeness (QED) is 0.853. The summed E-state index contributed by atoms with van der Waals surface area (Å²) in [4.78, 5) is 10.9. The number of aromatic nitrogens is 2. The second-order valence-electron chi connectivity index (χ2n) is 5.50. The van der Waals surface area contributed by atoms with Crippen molar-refractivity contribution in [2.45, 2.75) is 24.3 Å². The molecule has 1 N–H and O–H groups in total. The number of rotatable bonds is 6. The first kappa shape index (κ1) is 16.7. The predicted molar refractivity (Wildman–Crippen MR) is 90.5 cm³/mol. The maximum atomic E-state index is 12.5. The highest BCUT2D eigenvalue weighted by Gasteiger charge is 2.19. The van der Waals surface area contributed by atoms with Crippen molar-refractivity contribution < 1.29 is 13.2 Å². The van der Waals surface area contributed by atoms with Crippen molar-refractivity contribution in [2.24, 2.45) is 0 Å². The van der Waals surface area contributed by atoms with E-state index < -0.39 is 10.0 Å². The van der Waals surface area contributed by atoms with Crippen molar-refractivity contribution in [3.63, 3.8) is 0 Å².